The number of azide groups is 1. The minimum Gasteiger partial charge on any atom is -0.472 e. The molecular formula is C50H62N9O10P7S. The van der Waals surface area contributed by atoms with Gasteiger partial charge in [-0.05, 0) is 125 Å². The highest BCUT2D eigenvalue weighted by Crippen LogP contribution is 2.63. The second kappa shape index (κ2) is 31.1. The number of hydrazone groups is 2. The van der Waals surface area contributed by atoms with E-state index in [1.54, 1.807) is 34.2 Å². The molecule has 4 atom stereocenters. The maximum Gasteiger partial charge on any atom is 0.344 e. The van der Waals surface area contributed by atoms with Gasteiger partial charge in [0.1, 0.15) is 44.1 Å². The molecule has 77 heavy (non-hydrogen) atoms. The third kappa shape index (κ3) is 18.9. The normalized spacial score (nSPS) is 12.9. The summed E-state index contributed by atoms with van der Waals surface area (Å²) < 4.78 is 77.8. The predicted octanol–water partition coefficient (Wildman–Crippen LogP) is 12.5. The average Bonchev–Trinajstić information content (AvgIpc) is 3.48. The lowest BCUT2D eigenvalue weighted by atomic mass is 10.1. The van der Waals surface area contributed by atoms with Crippen molar-refractivity contribution in [2.24, 2.45) is 19.8 Å². The van der Waals surface area contributed by atoms with Gasteiger partial charge in [-0.2, -0.15) is 10.2 Å². The molecule has 408 valence electrons. The van der Waals surface area contributed by atoms with Crippen LogP contribution in [-0.2, 0) is 45.5 Å². The molecule has 0 aromatic heterocycles. The van der Waals surface area contributed by atoms with Crippen LogP contribution in [-0.4, -0.2) is 102 Å². The number of ether oxygens (including phenoxy) is 2. The molecule has 27 heteroatoms. The van der Waals surface area contributed by atoms with E-state index < -0.39 is 36.8 Å². The van der Waals surface area contributed by atoms with Gasteiger partial charge in [-0.15, -0.1) is 0 Å². The van der Waals surface area contributed by atoms with Crippen molar-refractivity contribution >= 4 is 94.3 Å². The minimum atomic E-state index is -3.45. The van der Waals surface area contributed by atoms with E-state index in [1.807, 2.05) is 128 Å². The van der Waals surface area contributed by atoms with Crippen LogP contribution in [0.25, 0.3) is 10.4 Å². The number of hydrogen-bond donors (Lipinski definition) is 0. The van der Waals surface area contributed by atoms with Gasteiger partial charge in [0.05, 0.1) is 26.9 Å². The van der Waals surface area contributed by atoms with Gasteiger partial charge in [0.2, 0.25) is 7.07 Å². The SMILES string of the molecule is COP(=O)(CN(CCc1ccc(O[PH](=S)N(C)N=Cc2ccc(OCN=P(c3ccccc3)(c3ccccc3)c3ccc(OCN(C)N=Cc4ccc(OPP(P)N=[N+]=[N-])cc4)cc3)cc2)cc1)CP(=O)(OC)OC)OC. The van der Waals surface area contributed by atoms with Crippen molar-refractivity contribution in [2.45, 2.75) is 6.42 Å². The van der Waals surface area contributed by atoms with Gasteiger partial charge in [-0.25, -0.2) is 4.78 Å². The molecule has 0 spiro atoms. The molecular weight excluding hydrogens is 1140 g/mol. The molecule has 0 radical (unpaired) electrons. The highest BCUT2D eigenvalue weighted by atomic mass is 32.4. The van der Waals surface area contributed by atoms with E-state index in [9.17, 15) is 9.13 Å². The largest absolute Gasteiger partial charge is 0.472 e. The van der Waals surface area contributed by atoms with Gasteiger partial charge in [0, 0.05) is 69.9 Å². The summed E-state index contributed by atoms with van der Waals surface area (Å²) in [6.45, 7) is 0.687. The van der Waals surface area contributed by atoms with Gasteiger partial charge in [0.15, 0.2) is 13.5 Å². The Kier molecular flexibility index (Phi) is 24.8. The van der Waals surface area contributed by atoms with E-state index in [2.05, 4.69) is 65.3 Å². The van der Waals surface area contributed by atoms with Crippen molar-refractivity contribution in [3.8, 4) is 23.0 Å². The zero-order chi connectivity index (χ0) is 55.1. The summed E-state index contributed by atoms with van der Waals surface area (Å²) in [5, 5.41) is 14.0. The van der Waals surface area contributed by atoms with Crippen LogP contribution >= 0.6 is 54.2 Å². The summed E-state index contributed by atoms with van der Waals surface area (Å²) >= 11 is 5.73. The Morgan fingerprint density at radius 1 is 0.662 bits per heavy atom. The van der Waals surface area contributed by atoms with Crippen molar-refractivity contribution in [3.05, 3.63) is 185 Å². The Hall–Kier alpha value is -4.80. The molecule has 0 N–H and O–H groups in total. The van der Waals surface area contributed by atoms with E-state index in [4.69, 9.17) is 58.7 Å². The van der Waals surface area contributed by atoms with Crippen molar-refractivity contribution in [1.29, 1.82) is 0 Å². The van der Waals surface area contributed by atoms with Crippen molar-refractivity contribution in [1.82, 2.24) is 14.7 Å². The predicted molar refractivity (Wildman–Crippen MR) is 323 cm³/mol. The standard InChI is InChI=1S/C50H62N9O10P7S/c1-57(52-35-42-21-25-46(26-22-42)68-71-72(70)56-55-51)38-67-45-29-31-50(32-30-45)76(48-13-9-7-10-14-48,49-15-11-8-12-16-49)54-37-66-44-23-19-43(20-24-44)36-53-58(2)73(77)69-47-27-17-41(18-28-47)33-34-59(39-74(60,62-3)63-4)40-75(61,64-5)65-6/h7-32,35-36,71,73H,33-34,37-40,70H2,1-6H3. The quantitative estimate of drug-likeness (QED) is 0.00756. The maximum atomic E-state index is 12.9. The third-order valence-corrected chi connectivity index (χ3v) is 23.9. The first kappa shape index (κ1) is 61.4. The summed E-state index contributed by atoms with van der Waals surface area (Å²) in [6.07, 6.45) is 3.81. The summed E-state index contributed by atoms with van der Waals surface area (Å²) in [6, 6.07) is 51.3. The number of rotatable bonds is 31. The Morgan fingerprint density at radius 2 is 1.14 bits per heavy atom. The summed E-state index contributed by atoms with van der Waals surface area (Å²) in [5.74, 6) is 2.62. The van der Waals surface area contributed by atoms with Crippen LogP contribution in [0, 0.1) is 0 Å². The van der Waals surface area contributed by atoms with Crippen molar-refractivity contribution in [3.63, 3.8) is 0 Å². The Morgan fingerprint density at radius 3 is 1.68 bits per heavy atom. The van der Waals surface area contributed by atoms with Crippen molar-refractivity contribution in [2.75, 3.05) is 75.1 Å². The summed E-state index contributed by atoms with van der Waals surface area (Å²) in [7, 11) is -0.997. The fraction of sp³-hybridized carbons (Fsp3) is 0.240. The Labute approximate surface area is 461 Å². The lowest BCUT2D eigenvalue weighted by Crippen LogP contribution is -2.29. The maximum absolute atomic E-state index is 12.9. The van der Waals surface area contributed by atoms with Crippen LogP contribution < -0.4 is 34.4 Å². The third-order valence-electron chi connectivity index (χ3n) is 11.3. The molecule has 4 unspecified atom stereocenters. The van der Waals surface area contributed by atoms with Gasteiger partial charge >= 0.3 is 15.2 Å². The molecule has 19 nitrogen and oxygen atoms in total. The van der Waals surface area contributed by atoms with Crippen LogP contribution in [0.15, 0.2) is 178 Å². The molecule has 0 fully saturated rings. The molecule has 0 aliphatic heterocycles. The Balaban J connectivity index is 1.06. The van der Waals surface area contributed by atoms with E-state index in [-0.39, 0.29) is 34.5 Å². The smallest absolute Gasteiger partial charge is 0.344 e. The summed E-state index contributed by atoms with van der Waals surface area (Å²) in [4.78, 5) is 8.18. The molecule has 0 aliphatic carbocycles. The highest BCUT2D eigenvalue weighted by Gasteiger charge is 2.32. The first-order valence-electron chi connectivity index (χ1n) is 23.5. The molecule has 0 heterocycles. The van der Waals surface area contributed by atoms with Crippen molar-refractivity contribution < 1.29 is 45.7 Å². The minimum absolute atomic E-state index is 0.0563. The van der Waals surface area contributed by atoms with Gasteiger partial charge in [-0.1, -0.05) is 86.6 Å². The van der Waals surface area contributed by atoms with E-state index in [1.165, 1.54) is 28.4 Å². The first-order valence-corrected chi connectivity index (χ1v) is 35.8. The van der Waals surface area contributed by atoms with Crippen LogP contribution in [0.5, 0.6) is 23.0 Å². The molecule has 6 aromatic carbocycles. The van der Waals surface area contributed by atoms with E-state index >= 15 is 0 Å². The van der Waals surface area contributed by atoms with Crippen LogP contribution in [0.4, 0.5) is 0 Å². The molecule has 0 amide bonds. The molecule has 0 aliphatic rings. The van der Waals surface area contributed by atoms with E-state index in [0.29, 0.717) is 36.0 Å². The van der Waals surface area contributed by atoms with Gasteiger partial charge < -0.3 is 36.6 Å². The second-order valence-electron chi connectivity index (χ2n) is 16.4. The topological polar surface area (TPSA) is 204 Å². The zero-order valence-corrected chi connectivity index (χ0v) is 50.8. The van der Waals surface area contributed by atoms with E-state index in [0.717, 1.165) is 32.6 Å². The first-order chi connectivity index (χ1) is 37.2. The zero-order valence-electron chi connectivity index (χ0n) is 43.3. The van der Waals surface area contributed by atoms with Crippen LogP contribution in [0.1, 0.15) is 16.7 Å². The van der Waals surface area contributed by atoms with Crippen LogP contribution in [0.3, 0.4) is 0 Å². The lowest BCUT2D eigenvalue weighted by molar-refractivity contribution is 0.158. The molecule has 0 saturated carbocycles. The molecule has 6 aromatic rings. The number of benzene rings is 6. The molecule has 0 saturated heterocycles. The van der Waals surface area contributed by atoms with Gasteiger partial charge in [-0.3, -0.25) is 23.8 Å². The van der Waals surface area contributed by atoms with Crippen LogP contribution in [0.2, 0.25) is 0 Å². The fourth-order valence-electron chi connectivity index (χ4n) is 7.16. The number of nitrogens with zero attached hydrogens (tertiary/aromatic N) is 9. The second-order valence-corrected chi connectivity index (χ2v) is 32.6. The lowest BCUT2D eigenvalue weighted by Gasteiger charge is -2.27. The monoisotopic (exact) mass is 1200 g/mol. The summed E-state index contributed by atoms with van der Waals surface area (Å²) in [5.41, 5.74) is 11.3. The molecule has 0 bridgehead atoms. The average molecular weight is 1200 g/mol. The molecule has 6 rings (SSSR count). The Bertz CT molecular complexity index is 2990. The van der Waals surface area contributed by atoms with Gasteiger partial charge in [0.25, 0.3) is 0 Å². The number of hydrogen-bond acceptors (Lipinski definition) is 17. The highest BCUT2D eigenvalue weighted by molar-refractivity contribution is 8.46. The fourth-order valence-corrected chi connectivity index (χ4v) is 15.9.